The molecule has 1 N–H and O–H groups in total. The molecule has 0 spiro atoms. The van der Waals surface area contributed by atoms with Crippen LogP contribution >= 0.6 is 0 Å². The van der Waals surface area contributed by atoms with Gasteiger partial charge in [-0.1, -0.05) is 36.4 Å². The van der Waals surface area contributed by atoms with Crippen molar-refractivity contribution in [2.75, 3.05) is 21.2 Å². The second-order valence-electron chi connectivity index (χ2n) is 5.37. The van der Waals surface area contributed by atoms with Crippen molar-refractivity contribution in [2.24, 2.45) is 0 Å². The van der Waals surface area contributed by atoms with Crippen LogP contribution in [0.25, 0.3) is 0 Å². The average molecular weight is 284 g/mol. The lowest BCUT2D eigenvalue weighted by Gasteiger charge is -2.17. The Bertz CT molecular complexity index is 534. The van der Waals surface area contributed by atoms with Crippen LogP contribution in [-0.4, -0.2) is 26.1 Å². The molecule has 3 heteroatoms. The number of nitrogens with zero attached hydrogens (tertiary/aromatic N) is 1. The minimum Gasteiger partial charge on any atom is -0.497 e. The maximum absolute atomic E-state index is 5.18. The highest BCUT2D eigenvalue weighted by Crippen LogP contribution is 2.14. The molecule has 0 fully saturated rings. The number of nitrogens with one attached hydrogen (secondary N) is 1. The van der Waals surface area contributed by atoms with Crippen molar-refractivity contribution in [3.8, 4) is 5.75 Å². The van der Waals surface area contributed by atoms with E-state index in [0.717, 1.165) is 25.4 Å². The van der Waals surface area contributed by atoms with Crippen molar-refractivity contribution in [2.45, 2.75) is 19.6 Å². The quantitative estimate of drug-likeness (QED) is 0.846. The number of hydrogen-bond donors (Lipinski definition) is 1. The van der Waals surface area contributed by atoms with Crippen LogP contribution in [0, 0.1) is 0 Å². The molecular weight excluding hydrogens is 260 g/mol. The van der Waals surface area contributed by atoms with Gasteiger partial charge in [0.15, 0.2) is 0 Å². The molecule has 112 valence electrons. The standard InChI is InChI=1S/C18H24N2O/c1-19-12-15-4-6-16(7-5-15)13-20(2)14-17-8-10-18(21-3)11-9-17/h4-11,19H,12-14H2,1-3H3. The molecule has 0 bridgehead atoms. The minimum atomic E-state index is 0.904. The summed E-state index contributed by atoms with van der Waals surface area (Å²) in [5.74, 6) is 0.904. The van der Waals surface area contributed by atoms with E-state index in [2.05, 4.69) is 53.7 Å². The van der Waals surface area contributed by atoms with E-state index in [1.54, 1.807) is 7.11 Å². The van der Waals surface area contributed by atoms with Crippen molar-refractivity contribution in [3.63, 3.8) is 0 Å². The molecule has 0 amide bonds. The zero-order valence-electron chi connectivity index (χ0n) is 13.1. The molecule has 0 aliphatic carbocycles. The van der Waals surface area contributed by atoms with Crippen LogP contribution in [0.3, 0.4) is 0 Å². The molecule has 3 nitrogen and oxygen atoms in total. The second kappa shape index (κ2) is 7.81. The molecular formula is C18H24N2O. The fourth-order valence-corrected chi connectivity index (χ4v) is 2.38. The van der Waals surface area contributed by atoms with Gasteiger partial charge in [-0.05, 0) is 42.9 Å². The van der Waals surface area contributed by atoms with Gasteiger partial charge in [0.1, 0.15) is 5.75 Å². The lowest BCUT2D eigenvalue weighted by atomic mass is 10.1. The van der Waals surface area contributed by atoms with E-state index in [0.29, 0.717) is 0 Å². The summed E-state index contributed by atoms with van der Waals surface area (Å²) in [6.07, 6.45) is 0. The highest BCUT2D eigenvalue weighted by molar-refractivity contribution is 5.27. The molecule has 2 aromatic carbocycles. The number of rotatable bonds is 7. The number of benzene rings is 2. The van der Waals surface area contributed by atoms with Crippen molar-refractivity contribution in [3.05, 3.63) is 65.2 Å². The average Bonchev–Trinajstić information content (AvgIpc) is 2.50. The van der Waals surface area contributed by atoms with Crippen LogP contribution in [0.5, 0.6) is 5.75 Å². The monoisotopic (exact) mass is 284 g/mol. The lowest BCUT2D eigenvalue weighted by Crippen LogP contribution is -2.17. The molecule has 0 radical (unpaired) electrons. The van der Waals surface area contributed by atoms with Crippen molar-refractivity contribution >= 4 is 0 Å². The molecule has 2 aromatic rings. The van der Waals surface area contributed by atoms with Gasteiger partial charge in [-0.3, -0.25) is 4.90 Å². The van der Waals surface area contributed by atoms with Crippen LogP contribution in [0.15, 0.2) is 48.5 Å². The SMILES string of the molecule is CNCc1ccc(CN(C)Cc2ccc(OC)cc2)cc1. The van der Waals surface area contributed by atoms with E-state index in [4.69, 9.17) is 4.74 Å². The molecule has 0 unspecified atom stereocenters. The molecule has 0 aromatic heterocycles. The maximum Gasteiger partial charge on any atom is 0.118 e. The largest absolute Gasteiger partial charge is 0.497 e. The number of hydrogen-bond acceptors (Lipinski definition) is 3. The zero-order chi connectivity index (χ0) is 15.1. The van der Waals surface area contributed by atoms with E-state index in [1.807, 2.05) is 19.2 Å². The summed E-state index contributed by atoms with van der Waals surface area (Å²) in [6, 6.07) is 17.0. The minimum absolute atomic E-state index is 0.904. The van der Waals surface area contributed by atoms with Gasteiger partial charge in [-0.2, -0.15) is 0 Å². The third kappa shape index (κ3) is 4.88. The van der Waals surface area contributed by atoms with Gasteiger partial charge in [-0.15, -0.1) is 0 Å². The second-order valence-corrected chi connectivity index (χ2v) is 5.37. The van der Waals surface area contributed by atoms with Gasteiger partial charge < -0.3 is 10.1 Å². The molecule has 0 saturated carbocycles. The van der Waals surface area contributed by atoms with Gasteiger partial charge in [0.05, 0.1) is 7.11 Å². The van der Waals surface area contributed by atoms with Crippen LogP contribution in [0.4, 0.5) is 0 Å². The Balaban J connectivity index is 1.89. The van der Waals surface area contributed by atoms with Crippen LogP contribution in [0.2, 0.25) is 0 Å². The Morgan fingerprint density at radius 2 is 1.33 bits per heavy atom. The summed E-state index contributed by atoms with van der Waals surface area (Å²) >= 11 is 0. The Hall–Kier alpha value is -1.84. The fourth-order valence-electron chi connectivity index (χ4n) is 2.38. The van der Waals surface area contributed by atoms with Crippen molar-refractivity contribution < 1.29 is 4.74 Å². The van der Waals surface area contributed by atoms with E-state index in [-0.39, 0.29) is 0 Å². The molecule has 0 aliphatic heterocycles. The van der Waals surface area contributed by atoms with Gasteiger partial charge in [0.25, 0.3) is 0 Å². The first-order valence-electron chi connectivity index (χ1n) is 7.25. The number of ether oxygens (including phenoxy) is 1. The summed E-state index contributed by atoms with van der Waals surface area (Å²) in [4.78, 5) is 2.31. The van der Waals surface area contributed by atoms with Gasteiger partial charge in [-0.25, -0.2) is 0 Å². The predicted molar refractivity (Wildman–Crippen MR) is 87.4 cm³/mol. The fraction of sp³-hybridized carbons (Fsp3) is 0.333. The molecule has 0 heterocycles. The summed E-state index contributed by atoms with van der Waals surface area (Å²) in [7, 11) is 5.81. The van der Waals surface area contributed by atoms with E-state index >= 15 is 0 Å². The predicted octanol–water partition coefficient (Wildman–Crippen LogP) is 3.05. The zero-order valence-corrected chi connectivity index (χ0v) is 13.1. The topological polar surface area (TPSA) is 24.5 Å². The van der Waals surface area contributed by atoms with Gasteiger partial charge in [0, 0.05) is 19.6 Å². The first-order valence-corrected chi connectivity index (χ1v) is 7.25. The van der Waals surface area contributed by atoms with Crippen LogP contribution in [-0.2, 0) is 19.6 Å². The normalized spacial score (nSPS) is 10.9. The third-order valence-corrected chi connectivity index (χ3v) is 3.47. The van der Waals surface area contributed by atoms with Crippen LogP contribution in [0.1, 0.15) is 16.7 Å². The Morgan fingerprint density at radius 1 is 0.857 bits per heavy atom. The Morgan fingerprint density at radius 3 is 1.81 bits per heavy atom. The van der Waals surface area contributed by atoms with E-state index < -0.39 is 0 Å². The van der Waals surface area contributed by atoms with Crippen LogP contribution < -0.4 is 10.1 Å². The van der Waals surface area contributed by atoms with E-state index in [9.17, 15) is 0 Å². The highest BCUT2D eigenvalue weighted by atomic mass is 16.5. The number of methoxy groups -OCH3 is 1. The molecule has 0 atom stereocenters. The van der Waals surface area contributed by atoms with E-state index in [1.165, 1.54) is 16.7 Å². The Kier molecular flexibility index (Phi) is 5.78. The molecule has 2 rings (SSSR count). The summed E-state index contributed by atoms with van der Waals surface area (Å²) < 4.78 is 5.18. The Labute approximate surface area is 127 Å². The first-order chi connectivity index (χ1) is 10.2. The van der Waals surface area contributed by atoms with Gasteiger partial charge in [0.2, 0.25) is 0 Å². The third-order valence-electron chi connectivity index (χ3n) is 3.47. The first kappa shape index (κ1) is 15.5. The van der Waals surface area contributed by atoms with Crippen molar-refractivity contribution in [1.82, 2.24) is 10.2 Å². The molecule has 0 saturated heterocycles. The smallest absolute Gasteiger partial charge is 0.118 e. The lowest BCUT2D eigenvalue weighted by molar-refractivity contribution is 0.319. The summed E-state index contributed by atoms with van der Waals surface area (Å²) in [5.41, 5.74) is 3.95. The summed E-state index contributed by atoms with van der Waals surface area (Å²) in [5, 5.41) is 3.17. The maximum atomic E-state index is 5.18. The van der Waals surface area contributed by atoms with Gasteiger partial charge >= 0.3 is 0 Å². The molecule has 0 aliphatic rings. The highest BCUT2D eigenvalue weighted by Gasteiger charge is 2.03. The summed E-state index contributed by atoms with van der Waals surface area (Å²) in [6.45, 7) is 2.80. The molecule has 21 heavy (non-hydrogen) atoms. The van der Waals surface area contributed by atoms with Crippen molar-refractivity contribution in [1.29, 1.82) is 0 Å².